The zero-order valence-corrected chi connectivity index (χ0v) is 25.0. The molecule has 2 aromatic heterocycles. The van der Waals surface area contributed by atoms with E-state index in [9.17, 15) is 19.7 Å². The van der Waals surface area contributed by atoms with Crippen LogP contribution in [0.4, 0.5) is 17.3 Å². The fraction of sp³-hybridized carbons (Fsp3) is 0.0690. The second kappa shape index (κ2) is 18.7. The highest BCUT2D eigenvalue weighted by atomic mass is 35.5. The van der Waals surface area contributed by atoms with Crippen LogP contribution < -0.4 is 15.4 Å². The van der Waals surface area contributed by atoms with Crippen molar-refractivity contribution in [1.82, 2.24) is 9.97 Å². The molecule has 2 N–H and O–H groups in total. The first-order valence-electron chi connectivity index (χ1n) is 12.2. The van der Waals surface area contributed by atoms with E-state index in [4.69, 9.17) is 55.3 Å². The number of nitrogens with one attached hydrogen (secondary N) is 2. The minimum atomic E-state index is -0.499. The number of carbonyl (C=O) groups is 2. The van der Waals surface area contributed by atoms with Gasteiger partial charge in [0.05, 0.1) is 43.8 Å². The van der Waals surface area contributed by atoms with Crippen LogP contribution >= 0.6 is 34.8 Å². The van der Waals surface area contributed by atoms with Crippen molar-refractivity contribution >= 4 is 63.9 Å². The predicted octanol–water partition coefficient (Wildman–Crippen LogP) is 5.87. The molecule has 4 rings (SSSR count). The smallest absolute Gasteiger partial charge is 0.269 e. The standard InChI is InChI=1S/C15H9ClN4O2.C7H6Cl2N2O.C7H4N2O2/c16-12-2-4-14(19-8-12)20-15(21)9-22-13-3-1-10(6-17)5-11(13)7-18;8-3-7(12)11-6-2-1-5(9)4-10-6;8-5-6-1-3-7(4-2-6)9(10)11/h1-5,8H,9H2,(H,19,20,21);1-2,4H,3H2,(H,10,11,12);1-4H. The number of rotatable bonds is 7. The molecule has 0 aliphatic rings. The summed E-state index contributed by atoms with van der Waals surface area (Å²) in [4.78, 5) is 39.9. The van der Waals surface area contributed by atoms with E-state index in [0.29, 0.717) is 32.8 Å². The molecule has 16 heteroatoms. The Labute approximate surface area is 271 Å². The van der Waals surface area contributed by atoms with Gasteiger partial charge in [-0.1, -0.05) is 23.2 Å². The van der Waals surface area contributed by atoms with Gasteiger partial charge in [-0.25, -0.2) is 9.97 Å². The number of amides is 2. The number of non-ortho nitro benzene ring substituents is 1. The van der Waals surface area contributed by atoms with Gasteiger partial charge in [-0.3, -0.25) is 19.7 Å². The van der Waals surface area contributed by atoms with Gasteiger partial charge in [0.2, 0.25) is 5.91 Å². The van der Waals surface area contributed by atoms with Gasteiger partial charge in [-0.2, -0.15) is 15.8 Å². The van der Waals surface area contributed by atoms with E-state index >= 15 is 0 Å². The van der Waals surface area contributed by atoms with Gasteiger partial charge in [0.1, 0.15) is 29.3 Å². The monoisotopic (exact) mass is 664 g/mol. The summed E-state index contributed by atoms with van der Waals surface area (Å²) < 4.78 is 5.29. The molecular formula is C29H19Cl3N8O5. The first-order chi connectivity index (χ1) is 21.6. The Balaban J connectivity index is 0.000000259. The van der Waals surface area contributed by atoms with Crippen molar-refractivity contribution < 1.29 is 19.2 Å². The Morgan fingerprint density at radius 2 is 1.33 bits per heavy atom. The van der Waals surface area contributed by atoms with Crippen molar-refractivity contribution in [1.29, 1.82) is 15.8 Å². The first-order valence-corrected chi connectivity index (χ1v) is 13.5. The third-order valence-electron chi connectivity index (χ3n) is 4.91. The summed E-state index contributed by atoms with van der Waals surface area (Å²) in [6, 6.07) is 21.9. The van der Waals surface area contributed by atoms with Gasteiger partial charge in [-0.05, 0) is 54.6 Å². The van der Waals surface area contributed by atoms with Crippen molar-refractivity contribution in [2.45, 2.75) is 0 Å². The van der Waals surface area contributed by atoms with Crippen molar-refractivity contribution in [2.75, 3.05) is 23.1 Å². The maximum Gasteiger partial charge on any atom is 0.269 e. The third-order valence-corrected chi connectivity index (χ3v) is 5.60. The second-order valence-corrected chi connectivity index (χ2v) is 9.23. The van der Waals surface area contributed by atoms with Crippen LogP contribution in [0.2, 0.25) is 10.0 Å². The molecular weight excluding hydrogens is 647 g/mol. The zero-order chi connectivity index (χ0) is 33.2. The summed E-state index contributed by atoms with van der Waals surface area (Å²) in [7, 11) is 0. The lowest BCUT2D eigenvalue weighted by molar-refractivity contribution is -0.384. The minimum absolute atomic E-state index is 0.00370. The lowest BCUT2D eigenvalue weighted by Crippen LogP contribution is -2.21. The lowest BCUT2D eigenvalue weighted by Gasteiger charge is -2.08. The fourth-order valence-electron chi connectivity index (χ4n) is 2.87. The van der Waals surface area contributed by atoms with E-state index in [1.165, 1.54) is 54.9 Å². The zero-order valence-electron chi connectivity index (χ0n) is 22.8. The normalized spacial score (nSPS) is 9.24. The molecule has 0 radical (unpaired) electrons. The molecule has 2 heterocycles. The number of hydrogen-bond acceptors (Lipinski definition) is 10. The number of ether oxygens (including phenoxy) is 1. The number of anilines is 2. The Hall–Kier alpha value is -5.78. The highest BCUT2D eigenvalue weighted by molar-refractivity contribution is 6.31. The molecule has 0 saturated heterocycles. The molecule has 0 aliphatic heterocycles. The molecule has 0 unspecified atom stereocenters. The van der Waals surface area contributed by atoms with Crippen LogP contribution in [0.5, 0.6) is 5.75 Å². The molecule has 0 fully saturated rings. The van der Waals surface area contributed by atoms with Gasteiger partial charge < -0.3 is 15.4 Å². The number of pyridine rings is 2. The van der Waals surface area contributed by atoms with Gasteiger partial charge in [0.25, 0.3) is 11.6 Å². The average molecular weight is 666 g/mol. The molecule has 2 aromatic carbocycles. The van der Waals surface area contributed by atoms with Crippen LogP contribution in [0.15, 0.2) is 79.1 Å². The van der Waals surface area contributed by atoms with Crippen LogP contribution in [0, 0.1) is 44.1 Å². The summed E-state index contributed by atoms with van der Waals surface area (Å²) in [6.45, 7) is -0.287. The fourth-order valence-corrected chi connectivity index (χ4v) is 3.16. The van der Waals surface area contributed by atoms with E-state index < -0.39 is 10.8 Å². The average Bonchev–Trinajstić information content (AvgIpc) is 3.06. The summed E-state index contributed by atoms with van der Waals surface area (Å²) in [5.74, 6) is 0.239. The maximum absolute atomic E-state index is 11.7. The molecule has 0 saturated carbocycles. The van der Waals surface area contributed by atoms with E-state index in [1.807, 2.05) is 18.2 Å². The van der Waals surface area contributed by atoms with Gasteiger partial charge in [0, 0.05) is 24.5 Å². The van der Waals surface area contributed by atoms with Crippen LogP contribution in [-0.2, 0) is 9.59 Å². The Kier molecular flexibility index (Phi) is 14.7. The van der Waals surface area contributed by atoms with Crippen LogP contribution in [0.25, 0.3) is 0 Å². The van der Waals surface area contributed by atoms with Gasteiger partial charge in [0.15, 0.2) is 6.61 Å². The number of carbonyl (C=O) groups excluding carboxylic acids is 2. The Bertz CT molecular complexity index is 1750. The van der Waals surface area contributed by atoms with Crippen LogP contribution in [-0.4, -0.2) is 39.2 Å². The van der Waals surface area contributed by atoms with Gasteiger partial charge >= 0.3 is 0 Å². The predicted molar refractivity (Wildman–Crippen MR) is 166 cm³/mol. The molecule has 0 aliphatic carbocycles. The number of hydrogen-bond donors (Lipinski definition) is 2. The van der Waals surface area contributed by atoms with E-state index in [1.54, 1.807) is 24.3 Å². The topological polar surface area (TPSA) is 208 Å². The summed E-state index contributed by atoms with van der Waals surface area (Å²) in [5.41, 5.74) is 0.967. The number of nitriles is 3. The number of nitro groups is 1. The number of nitrogens with zero attached hydrogens (tertiary/aromatic N) is 6. The molecule has 0 bridgehead atoms. The maximum atomic E-state index is 11.7. The number of halogens is 3. The molecule has 2 amide bonds. The highest BCUT2D eigenvalue weighted by Gasteiger charge is 2.09. The number of aromatic nitrogens is 2. The van der Waals surface area contributed by atoms with Crippen LogP contribution in [0.3, 0.4) is 0 Å². The van der Waals surface area contributed by atoms with E-state index in [-0.39, 0.29) is 35.4 Å². The second-order valence-electron chi connectivity index (χ2n) is 8.09. The first kappa shape index (κ1) is 35.4. The third kappa shape index (κ3) is 13.0. The number of nitro benzene ring substituents is 1. The molecule has 226 valence electrons. The Morgan fingerprint density at radius 3 is 1.78 bits per heavy atom. The van der Waals surface area contributed by atoms with E-state index in [2.05, 4.69) is 20.6 Å². The molecule has 0 atom stereocenters. The number of alkyl halides is 1. The minimum Gasteiger partial charge on any atom is -0.482 e. The van der Waals surface area contributed by atoms with Gasteiger partial charge in [-0.15, -0.1) is 11.6 Å². The van der Waals surface area contributed by atoms with Crippen molar-refractivity contribution in [2.24, 2.45) is 0 Å². The molecule has 45 heavy (non-hydrogen) atoms. The largest absolute Gasteiger partial charge is 0.482 e. The summed E-state index contributed by atoms with van der Waals surface area (Å²) in [6.07, 6.45) is 2.86. The summed E-state index contributed by atoms with van der Waals surface area (Å²) in [5, 5.41) is 42.2. The Morgan fingerprint density at radius 1 is 0.800 bits per heavy atom. The van der Waals surface area contributed by atoms with Crippen LogP contribution in [0.1, 0.15) is 16.7 Å². The van der Waals surface area contributed by atoms with Crippen molar-refractivity contribution in [3.63, 3.8) is 0 Å². The SMILES string of the molecule is N#Cc1ccc(OCC(=O)Nc2ccc(Cl)cn2)c(C#N)c1.N#Cc1ccc([N+](=O)[O-])cc1.O=C(CCl)Nc1ccc(Cl)cn1. The molecule has 4 aromatic rings. The molecule has 13 nitrogen and oxygen atoms in total. The van der Waals surface area contributed by atoms with Crippen molar-refractivity contribution in [3.05, 3.63) is 116 Å². The quantitative estimate of drug-likeness (QED) is 0.136. The number of benzene rings is 2. The van der Waals surface area contributed by atoms with Crippen molar-refractivity contribution in [3.8, 4) is 24.0 Å². The molecule has 0 spiro atoms. The summed E-state index contributed by atoms with van der Waals surface area (Å²) >= 11 is 16.5. The highest BCUT2D eigenvalue weighted by Crippen LogP contribution is 2.19. The van der Waals surface area contributed by atoms with E-state index in [0.717, 1.165) is 0 Å². The lowest BCUT2D eigenvalue weighted by atomic mass is 10.1.